The molecule has 2 aliphatic rings. The molecule has 7 nitrogen and oxygen atoms in total. The van der Waals surface area contributed by atoms with Gasteiger partial charge in [0.25, 0.3) is 5.92 Å². The van der Waals surface area contributed by atoms with Gasteiger partial charge in [0.05, 0.1) is 31.0 Å². The van der Waals surface area contributed by atoms with Crippen LogP contribution in [-0.2, 0) is 21.0 Å². The van der Waals surface area contributed by atoms with Gasteiger partial charge in [0.1, 0.15) is 28.6 Å². The molecule has 1 aromatic heterocycles. The van der Waals surface area contributed by atoms with Gasteiger partial charge in [-0.2, -0.15) is 0 Å². The third-order valence-corrected chi connectivity index (χ3v) is 9.92. The fourth-order valence-electron chi connectivity index (χ4n) is 5.88. The molecule has 37 heavy (non-hydrogen) atoms. The number of halogens is 3. The molecule has 0 saturated heterocycles. The van der Waals surface area contributed by atoms with Crippen molar-refractivity contribution < 1.29 is 36.9 Å². The molecule has 5 rings (SSSR count). The van der Waals surface area contributed by atoms with Gasteiger partial charge in [0, 0.05) is 11.4 Å². The molecule has 2 N–H and O–H groups in total. The van der Waals surface area contributed by atoms with Crippen LogP contribution in [-0.4, -0.2) is 53.8 Å². The molecule has 0 unspecified atom stereocenters. The number of hydrogen-bond acceptors (Lipinski definition) is 7. The summed E-state index contributed by atoms with van der Waals surface area (Å²) < 4.78 is 68.2. The molecule has 196 valence electrons. The van der Waals surface area contributed by atoms with Crippen molar-refractivity contribution in [3.63, 3.8) is 0 Å². The second-order valence-electron chi connectivity index (χ2n) is 9.50. The predicted octanol–water partition coefficient (Wildman–Crippen LogP) is 3.93. The molecule has 1 aliphatic carbocycles. The quantitative estimate of drug-likeness (QED) is 0.445. The number of methoxy groups -OCH3 is 1. The van der Waals surface area contributed by atoms with Gasteiger partial charge in [0.2, 0.25) is 0 Å². The van der Waals surface area contributed by atoms with E-state index >= 15 is 0 Å². The summed E-state index contributed by atoms with van der Waals surface area (Å²) in [6.07, 6.45) is 0.586. The normalized spacial score (nSPS) is 28.9. The Morgan fingerprint density at radius 2 is 1.78 bits per heavy atom. The number of hydrogen-bond donors (Lipinski definition) is 2. The highest BCUT2D eigenvalue weighted by molar-refractivity contribution is 9.10. The molecule has 5 atom stereocenters. The van der Waals surface area contributed by atoms with Gasteiger partial charge >= 0.3 is 0 Å². The summed E-state index contributed by atoms with van der Waals surface area (Å²) in [6, 6.07) is 14.9. The first-order chi connectivity index (χ1) is 17.4. The van der Waals surface area contributed by atoms with E-state index in [1.54, 1.807) is 54.6 Å². The van der Waals surface area contributed by atoms with Crippen LogP contribution < -0.4 is 9.47 Å². The summed E-state index contributed by atoms with van der Waals surface area (Å²) >= 11 is 3.38. The third kappa shape index (κ3) is 3.77. The summed E-state index contributed by atoms with van der Waals surface area (Å²) in [7, 11) is -3.39. The number of nitrogens with zero attached hydrogens (tertiary/aromatic N) is 1. The van der Waals surface area contributed by atoms with E-state index in [1.807, 2.05) is 0 Å². The monoisotopic (exact) mass is 595 g/mol. The van der Waals surface area contributed by atoms with E-state index in [0.717, 1.165) is 0 Å². The molecule has 1 saturated carbocycles. The van der Waals surface area contributed by atoms with Gasteiger partial charge in [-0.15, -0.1) is 0 Å². The van der Waals surface area contributed by atoms with Gasteiger partial charge in [-0.1, -0.05) is 58.4 Å². The number of pyridine rings is 1. The Morgan fingerprint density at radius 3 is 2.38 bits per heavy atom. The molecule has 0 spiro atoms. The number of rotatable bonds is 6. The lowest BCUT2D eigenvalue weighted by atomic mass is 9.71. The van der Waals surface area contributed by atoms with Gasteiger partial charge < -0.3 is 19.7 Å². The Hall–Kier alpha value is -2.60. The summed E-state index contributed by atoms with van der Waals surface area (Å²) in [5, 5.41) is 22.5. The van der Waals surface area contributed by atoms with Crippen LogP contribution in [0.4, 0.5) is 8.78 Å². The average Bonchev–Trinajstić information content (AvgIpc) is 3.22. The van der Waals surface area contributed by atoms with Crippen molar-refractivity contribution >= 4 is 25.8 Å². The summed E-state index contributed by atoms with van der Waals surface area (Å²) in [6.45, 7) is 0.504. The van der Waals surface area contributed by atoms with Crippen molar-refractivity contribution in [1.29, 1.82) is 0 Å². The van der Waals surface area contributed by atoms with Crippen LogP contribution in [0.15, 0.2) is 71.5 Å². The van der Waals surface area contributed by atoms with Gasteiger partial charge in [0.15, 0.2) is 21.0 Å². The smallest absolute Gasteiger partial charge is 0.259 e. The van der Waals surface area contributed by atoms with E-state index in [2.05, 4.69) is 20.9 Å². The minimum atomic E-state index is -4.73. The van der Waals surface area contributed by atoms with Crippen molar-refractivity contribution in [2.75, 3.05) is 12.9 Å². The van der Waals surface area contributed by atoms with E-state index in [4.69, 9.17) is 9.47 Å². The number of fused-ring (bicyclic) bond motifs is 3. The van der Waals surface area contributed by atoms with E-state index in [0.29, 0.717) is 22.5 Å². The minimum absolute atomic E-state index is 0.00214. The van der Waals surface area contributed by atoms with Crippen LogP contribution in [0.25, 0.3) is 0 Å². The Labute approximate surface area is 221 Å². The molecule has 0 amide bonds. The van der Waals surface area contributed by atoms with Gasteiger partial charge in [-0.25, -0.2) is 17.2 Å². The van der Waals surface area contributed by atoms with Crippen molar-refractivity contribution in [2.24, 2.45) is 0 Å². The van der Waals surface area contributed by atoms with Gasteiger partial charge in [-0.3, -0.25) is 4.98 Å². The molecule has 3 aromatic rings. The lowest BCUT2D eigenvalue weighted by molar-refractivity contribution is -0.149. The molecular formula is C26H24BrF2NO6S. The van der Waals surface area contributed by atoms with Crippen LogP contribution in [0.3, 0.4) is 0 Å². The van der Waals surface area contributed by atoms with Crippen LogP contribution in [0.1, 0.15) is 29.5 Å². The maximum absolute atomic E-state index is 14.1. The number of benzene rings is 2. The fraction of sp³-hybridized carbons (Fsp3) is 0.346. The molecule has 2 heterocycles. The summed E-state index contributed by atoms with van der Waals surface area (Å²) in [5.74, 6) is -6.24. The maximum Gasteiger partial charge on any atom is 0.259 e. The number of alkyl halides is 2. The number of aromatic nitrogens is 1. The molecule has 1 fully saturated rings. The second kappa shape index (κ2) is 8.72. The number of sulfone groups is 1. The number of aliphatic hydroxyl groups is 2. The van der Waals surface area contributed by atoms with Crippen molar-refractivity contribution in [1.82, 2.24) is 4.98 Å². The predicted molar refractivity (Wildman–Crippen MR) is 135 cm³/mol. The first kappa shape index (κ1) is 26.0. The number of ether oxygens (including phenoxy) is 2. The van der Waals surface area contributed by atoms with E-state index in [1.165, 1.54) is 19.5 Å². The standard InChI is InChI=1S/C26H24BrF2NO6S/c1-24(28,29)14-37(33,34)22-20(15-6-4-3-5-7-15)26(16-8-10-17(27)11-9-16)25(32,23(22)31)21-18(35-2)12-30-13-19(21)36-26/h3-13,20,22-23,31-32H,14H2,1-2H3/t20-,22-,23-,25+,26+/m1/s1. The SMILES string of the molecule is COc1cncc2c1[C@]1(O)[C@H](O)[C@H](S(=O)(=O)CC(C)(F)F)[C@@H](c3ccccc3)[C@]1(c1ccc(Br)cc1)O2. The summed E-state index contributed by atoms with van der Waals surface area (Å²) in [5.41, 5.74) is -3.62. The van der Waals surface area contributed by atoms with Gasteiger partial charge in [-0.05, 0) is 23.3 Å². The van der Waals surface area contributed by atoms with E-state index in [9.17, 15) is 27.4 Å². The summed E-state index contributed by atoms with van der Waals surface area (Å²) in [4.78, 5) is 4.10. The van der Waals surface area contributed by atoms with Crippen molar-refractivity contribution in [3.05, 3.63) is 88.2 Å². The highest BCUT2D eigenvalue weighted by atomic mass is 79.9. The molecule has 11 heteroatoms. The van der Waals surface area contributed by atoms with Crippen molar-refractivity contribution in [2.45, 2.75) is 41.3 Å². The third-order valence-electron chi connectivity index (χ3n) is 7.12. The largest absolute Gasteiger partial charge is 0.495 e. The maximum atomic E-state index is 14.1. The Bertz CT molecular complexity index is 1430. The molecule has 2 aromatic carbocycles. The second-order valence-corrected chi connectivity index (χ2v) is 12.6. The first-order valence-corrected chi connectivity index (χ1v) is 13.9. The average molecular weight is 596 g/mol. The first-order valence-electron chi connectivity index (χ1n) is 11.4. The minimum Gasteiger partial charge on any atom is -0.495 e. The lowest BCUT2D eigenvalue weighted by Gasteiger charge is -2.40. The molecule has 0 radical (unpaired) electrons. The van der Waals surface area contributed by atoms with E-state index < -0.39 is 50.0 Å². The highest BCUT2D eigenvalue weighted by Gasteiger charge is 2.79. The van der Waals surface area contributed by atoms with Crippen LogP contribution in [0.5, 0.6) is 11.5 Å². The van der Waals surface area contributed by atoms with Crippen LogP contribution >= 0.6 is 15.9 Å². The van der Waals surface area contributed by atoms with Crippen LogP contribution in [0.2, 0.25) is 0 Å². The zero-order chi connectivity index (χ0) is 26.8. The molecule has 1 aliphatic heterocycles. The topological polar surface area (TPSA) is 106 Å². The zero-order valence-corrected chi connectivity index (χ0v) is 22.2. The van der Waals surface area contributed by atoms with Crippen molar-refractivity contribution in [3.8, 4) is 11.5 Å². The zero-order valence-electron chi connectivity index (χ0n) is 19.8. The van der Waals surface area contributed by atoms with E-state index in [-0.39, 0.29) is 17.1 Å². The number of aliphatic hydroxyl groups excluding tert-OH is 1. The lowest BCUT2D eigenvalue weighted by Crippen LogP contribution is -2.52. The molecular weight excluding hydrogens is 572 g/mol. The Kier molecular flexibility index (Phi) is 6.14. The Morgan fingerprint density at radius 1 is 1.14 bits per heavy atom. The molecule has 0 bridgehead atoms. The highest BCUT2D eigenvalue weighted by Crippen LogP contribution is 2.69. The Balaban J connectivity index is 1.89. The van der Waals surface area contributed by atoms with Crippen LogP contribution in [0, 0.1) is 0 Å². The fourth-order valence-corrected chi connectivity index (χ4v) is 8.40.